The van der Waals surface area contributed by atoms with Crippen molar-refractivity contribution in [2.75, 3.05) is 11.9 Å². The summed E-state index contributed by atoms with van der Waals surface area (Å²) in [7, 11) is 1.99. The first-order chi connectivity index (χ1) is 9.11. The van der Waals surface area contributed by atoms with Crippen molar-refractivity contribution in [3.8, 4) is 0 Å². The summed E-state index contributed by atoms with van der Waals surface area (Å²) in [6.07, 6.45) is 1.77. The van der Waals surface area contributed by atoms with Crippen LogP contribution in [0.5, 0.6) is 0 Å². The molecule has 1 heterocycles. The van der Waals surface area contributed by atoms with Crippen molar-refractivity contribution in [1.29, 1.82) is 0 Å². The summed E-state index contributed by atoms with van der Waals surface area (Å²) in [4.78, 5) is 6.44. The monoisotopic (exact) mass is 275 g/mol. The summed E-state index contributed by atoms with van der Waals surface area (Å²) in [5, 5.41) is 0.638. The van der Waals surface area contributed by atoms with E-state index in [1.807, 2.05) is 30.1 Å². The van der Waals surface area contributed by atoms with Gasteiger partial charge in [-0.25, -0.2) is 4.98 Å². The molecule has 0 bridgehead atoms. The highest BCUT2D eigenvalue weighted by atomic mass is 35.5. The van der Waals surface area contributed by atoms with Crippen molar-refractivity contribution in [2.45, 2.75) is 20.0 Å². The van der Waals surface area contributed by atoms with E-state index in [0.717, 1.165) is 17.9 Å². The molecule has 2 aromatic rings. The van der Waals surface area contributed by atoms with Crippen LogP contribution >= 0.6 is 11.6 Å². The first-order valence-corrected chi connectivity index (χ1v) is 6.59. The van der Waals surface area contributed by atoms with Crippen molar-refractivity contribution in [2.24, 2.45) is 5.73 Å². The van der Waals surface area contributed by atoms with Gasteiger partial charge in [-0.05, 0) is 29.7 Å². The van der Waals surface area contributed by atoms with Crippen molar-refractivity contribution in [3.63, 3.8) is 0 Å². The lowest BCUT2D eigenvalue weighted by molar-refractivity contribution is 0.886. The van der Waals surface area contributed by atoms with E-state index in [0.29, 0.717) is 11.6 Å². The maximum atomic E-state index is 6.25. The Morgan fingerprint density at radius 3 is 2.68 bits per heavy atom. The Bertz CT molecular complexity index is 569. The van der Waals surface area contributed by atoms with Gasteiger partial charge in [0.25, 0.3) is 0 Å². The highest BCUT2D eigenvalue weighted by molar-refractivity contribution is 6.33. The molecule has 19 heavy (non-hydrogen) atoms. The summed E-state index contributed by atoms with van der Waals surface area (Å²) >= 11 is 6.25. The van der Waals surface area contributed by atoms with Gasteiger partial charge in [-0.2, -0.15) is 0 Å². The van der Waals surface area contributed by atoms with Crippen LogP contribution in [0, 0.1) is 6.92 Å². The van der Waals surface area contributed by atoms with Crippen LogP contribution in [0.25, 0.3) is 0 Å². The lowest BCUT2D eigenvalue weighted by Crippen LogP contribution is -2.19. The maximum absolute atomic E-state index is 6.25. The molecule has 1 aromatic heterocycles. The number of aromatic nitrogens is 1. The first kappa shape index (κ1) is 13.8. The average molecular weight is 276 g/mol. The summed E-state index contributed by atoms with van der Waals surface area (Å²) in [5.74, 6) is 0.780. The summed E-state index contributed by atoms with van der Waals surface area (Å²) < 4.78 is 0. The van der Waals surface area contributed by atoms with E-state index in [4.69, 9.17) is 17.3 Å². The van der Waals surface area contributed by atoms with Gasteiger partial charge in [0.15, 0.2) is 0 Å². The smallest absolute Gasteiger partial charge is 0.147 e. The molecule has 3 nitrogen and oxygen atoms in total. The van der Waals surface area contributed by atoms with E-state index in [2.05, 4.69) is 24.0 Å². The SMILES string of the molecule is Cc1ccccc1CN(C)c1ncc(CN)cc1Cl. The van der Waals surface area contributed by atoms with Gasteiger partial charge in [0.1, 0.15) is 5.82 Å². The summed E-state index contributed by atoms with van der Waals surface area (Å²) in [5.41, 5.74) is 9.06. The number of aryl methyl sites for hydroxylation is 1. The van der Waals surface area contributed by atoms with Gasteiger partial charge in [0.2, 0.25) is 0 Å². The third-order valence-electron chi connectivity index (χ3n) is 3.14. The van der Waals surface area contributed by atoms with Gasteiger partial charge in [-0.15, -0.1) is 0 Å². The van der Waals surface area contributed by atoms with E-state index in [9.17, 15) is 0 Å². The molecule has 0 atom stereocenters. The Kier molecular flexibility index (Phi) is 4.40. The van der Waals surface area contributed by atoms with Gasteiger partial charge in [0.05, 0.1) is 5.02 Å². The Morgan fingerprint density at radius 1 is 1.32 bits per heavy atom. The lowest BCUT2D eigenvalue weighted by Gasteiger charge is -2.20. The maximum Gasteiger partial charge on any atom is 0.147 e. The number of pyridine rings is 1. The van der Waals surface area contributed by atoms with E-state index in [1.165, 1.54) is 11.1 Å². The van der Waals surface area contributed by atoms with Gasteiger partial charge >= 0.3 is 0 Å². The first-order valence-electron chi connectivity index (χ1n) is 6.22. The molecular weight excluding hydrogens is 258 g/mol. The van der Waals surface area contributed by atoms with Gasteiger partial charge in [-0.3, -0.25) is 0 Å². The Morgan fingerprint density at radius 2 is 2.05 bits per heavy atom. The zero-order valence-corrected chi connectivity index (χ0v) is 12.0. The Hall–Kier alpha value is -1.58. The van der Waals surface area contributed by atoms with Crippen LogP contribution in [-0.4, -0.2) is 12.0 Å². The van der Waals surface area contributed by atoms with Crippen molar-refractivity contribution >= 4 is 17.4 Å². The van der Waals surface area contributed by atoms with Gasteiger partial charge in [0, 0.05) is 26.3 Å². The number of nitrogens with zero attached hydrogens (tertiary/aromatic N) is 2. The molecule has 1 aromatic carbocycles. The number of nitrogens with two attached hydrogens (primary N) is 1. The molecule has 2 N–H and O–H groups in total. The fourth-order valence-corrected chi connectivity index (χ4v) is 2.31. The predicted octanol–water partition coefficient (Wildman–Crippen LogP) is 3.14. The van der Waals surface area contributed by atoms with Gasteiger partial charge in [-0.1, -0.05) is 35.9 Å². The standard InChI is InChI=1S/C15H18ClN3/c1-11-5-3-4-6-13(11)10-19(2)15-14(16)7-12(8-17)9-18-15/h3-7,9H,8,10,17H2,1-2H3. The lowest BCUT2D eigenvalue weighted by atomic mass is 10.1. The predicted molar refractivity (Wildman–Crippen MR) is 80.4 cm³/mol. The molecule has 0 saturated carbocycles. The molecule has 4 heteroatoms. The van der Waals surface area contributed by atoms with Crippen LogP contribution in [-0.2, 0) is 13.1 Å². The third-order valence-corrected chi connectivity index (χ3v) is 3.42. The average Bonchev–Trinajstić information content (AvgIpc) is 2.41. The van der Waals surface area contributed by atoms with Crippen LogP contribution in [0.2, 0.25) is 5.02 Å². The number of rotatable bonds is 4. The van der Waals surface area contributed by atoms with Crippen molar-refractivity contribution < 1.29 is 0 Å². The Balaban J connectivity index is 2.21. The molecule has 0 aliphatic heterocycles. The minimum absolute atomic E-state index is 0.453. The summed E-state index contributed by atoms with van der Waals surface area (Å²) in [6.45, 7) is 3.34. The number of hydrogen-bond acceptors (Lipinski definition) is 3. The normalized spacial score (nSPS) is 10.5. The number of hydrogen-bond donors (Lipinski definition) is 1. The highest BCUT2D eigenvalue weighted by Crippen LogP contribution is 2.24. The molecule has 0 aliphatic rings. The minimum atomic E-state index is 0.453. The van der Waals surface area contributed by atoms with Crippen molar-refractivity contribution in [1.82, 2.24) is 4.98 Å². The molecule has 0 aliphatic carbocycles. The topological polar surface area (TPSA) is 42.2 Å². The second-order valence-electron chi connectivity index (χ2n) is 4.64. The minimum Gasteiger partial charge on any atom is -0.354 e. The largest absolute Gasteiger partial charge is 0.354 e. The highest BCUT2D eigenvalue weighted by Gasteiger charge is 2.10. The van der Waals surface area contributed by atoms with E-state index >= 15 is 0 Å². The second-order valence-corrected chi connectivity index (χ2v) is 5.04. The molecule has 0 fully saturated rings. The fourth-order valence-electron chi connectivity index (χ4n) is 1.98. The van der Waals surface area contributed by atoms with E-state index in [1.54, 1.807) is 6.20 Å². The zero-order chi connectivity index (χ0) is 13.8. The summed E-state index contributed by atoms with van der Waals surface area (Å²) in [6, 6.07) is 10.2. The van der Waals surface area contributed by atoms with Crippen LogP contribution in [0.15, 0.2) is 36.5 Å². The van der Waals surface area contributed by atoms with Crippen LogP contribution in [0.1, 0.15) is 16.7 Å². The van der Waals surface area contributed by atoms with E-state index in [-0.39, 0.29) is 0 Å². The third kappa shape index (κ3) is 3.25. The van der Waals surface area contributed by atoms with Crippen LogP contribution in [0.3, 0.4) is 0 Å². The molecule has 2 rings (SSSR count). The van der Waals surface area contributed by atoms with E-state index < -0.39 is 0 Å². The number of benzene rings is 1. The molecule has 0 amide bonds. The molecule has 0 saturated heterocycles. The molecule has 0 spiro atoms. The quantitative estimate of drug-likeness (QED) is 0.932. The Labute approximate surface area is 119 Å². The number of anilines is 1. The fraction of sp³-hybridized carbons (Fsp3) is 0.267. The second kappa shape index (κ2) is 6.04. The van der Waals surface area contributed by atoms with Crippen LogP contribution in [0.4, 0.5) is 5.82 Å². The zero-order valence-electron chi connectivity index (χ0n) is 11.2. The van der Waals surface area contributed by atoms with Crippen LogP contribution < -0.4 is 10.6 Å². The van der Waals surface area contributed by atoms with Gasteiger partial charge < -0.3 is 10.6 Å². The van der Waals surface area contributed by atoms with Crippen molar-refractivity contribution in [3.05, 3.63) is 58.2 Å². The molecule has 0 radical (unpaired) electrons. The molecular formula is C15H18ClN3. The molecule has 0 unspecified atom stereocenters. The molecule has 100 valence electrons. The number of halogens is 1.